The van der Waals surface area contributed by atoms with Crippen molar-refractivity contribution in [2.24, 2.45) is 0 Å². The van der Waals surface area contributed by atoms with Crippen LogP contribution in [0.4, 0.5) is 4.39 Å². The Hall–Kier alpha value is -2.44. The molecule has 1 atom stereocenters. The second-order valence-electron chi connectivity index (χ2n) is 4.34. The maximum Gasteiger partial charge on any atom is 0.326 e. The minimum atomic E-state index is -1.26. The summed E-state index contributed by atoms with van der Waals surface area (Å²) in [7, 11) is 1.19. The monoisotopic (exact) mass is 297 g/mol. The van der Waals surface area contributed by atoms with Crippen molar-refractivity contribution in [2.75, 3.05) is 7.11 Å². The Morgan fingerprint density at radius 3 is 2.57 bits per heavy atom. The summed E-state index contributed by atoms with van der Waals surface area (Å²) in [4.78, 5) is 33.7. The number of methoxy groups -OCH3 is 1. The van der Waals surface area contributed by atoms with Gasteiger partial charge in [-0.05, 0) is 18.1 Å². The number of carboxylic acids is 1. The van der Waals surface area contributed by atoms with E-state index in [-0.39, 0.29) is 24.8 Å². The van der Waals surface area contributed by atoms with Crippen LogP contribution in [0.3, 0.4) is 0 Å². The summed E-state index contributed by atoms with van der Waals surface area (Å²) in [6.07, 6.45) is -0.493. The second kappa shape index (κ2) is 7.98. The first kappa shape index (κ1) is 16.6. The first-order chi connectivity index (χ1) is 9.93. The molecule has 21 heavy (non-hydrogen) atoms. The Labute approximate surface area is 120 Å². The number of amides is 1. The fraction of sp³-hybridized carbons (Fsp3) is 0.357. The molecule has 0 heterocycles. The van der Waals surface area contributed by atoms with Gasteiger partial charge in [0.2, 0.25) is 5.91 Å². The summed E-state index contributed by atoms with van der Waals surface area (Å²) >= 11 is 0. The Morgan fingerprint density at radius 2 is 2.00 bits per heavy atom. The van der Waals surface area contributed by atoms with Crippen molar-refractivity contribution >= 4 is 17.8 Å². The highest BCUT2D eigenvalue weighted by atomic mass is 19.1. The molecule has 0 radical (unpaired) electrons. The zero-order chi connectivity index (χ0) is 15.8. The van der Waals surface area contributed by atoms with Crippen LogP contribution in [0, 0.1) is 5.82 Å². The lowest BCUT2D eigenvalue weighted by Gasteiger charge is -2.14. The molecule has 0 saturated heterocycles. The largest absolute Gasteiger partial charge is 0.480 e. The molecular weight excluding hydrogens is 281 g/mol. The molecule has 0 spiro atoms. The van der Waals surface area contributed by atoms with Gasteiger partial charge >= 0.3 is 11.9 Å². The SMILES string of the molecule is COC(=O)CCC(NC(=O)Cc1ccccc1F)C(=O)O. The summed E-state index contributed by atoms with van der Waals surface area (Å²) in [6, 6.07) is 4.52. The van der Waals surface area contributed by atoms with Crippen molar-refractivity contribution < 1.29 is 28.6 Å². The number of hydrogen-bond acceptors (Lipinski definition) is 4. The fourth-order valence-electron chi connectivity index (χ4n) is 1.68. The molecule has 1 rings (SSSR count). The Balaban J connectivity index is 2.58. The van der Waals surface area contributed by atoms with E-state index in [4.69, 9.17) is 5.11 Å². The van der Waals surface area contributed by atoms with Crippen LogP contribution in [0.1, 0.15) is 18.4 Å². The Morgan fingerprint density at radius 1 is 1.33 bits per heavy atom. The van der Waals surface area contributed by atoms with Gasteiger partial charge in [-0.3, -0.25) is 9.59 Å². The number of carbonyl (C=O) groups is 3. The van der Waals surface area contributed by atoms with Crippen molar-refractivity contribution in [1.82, 2.24) is 5.32 Å². The van der Waals surface area contributed by atoms with E-state index in [1.807, 2.05) is 0 Å². The van der Waals surface area contributed by atoms with Gasteiger partial charge in [0, 0.05) is 6.42 Å². The quantitative estimate of drug-likeness (QED) is 0.729. The smallest absolute Gasteiger partial charge is 0.326 e. The van der Waals surface area contributed by atoms with Gasteiger partial charge in [-0.25, -0.2) is 9.18 Å². The van der Waals surface area contributed by atoms with Gasteiger partial charge in [-0.2, -0.15) is 0 Å². The molecule has 2 N–H and O–H groups in total. The zero-order valence-corrected chi connectivity index (χ0v) is 11.5. The van der Waals surface area contributed by atoms with Crippen molar-refractivity contribution in [2.45, 2.75) is 25.3 Å². The minimum absolute atomic E-state index is 0.0922. The number of rotatable bonds is 7. The van der Waals surface area contributed by atoms with Crippen LogP contribution in [0.25, 0.3) is 0 Å². The van der Waals surface area contributed by atoms with Crippen LogP contribution in [0.2, 0.25) is 0 Å². The number of nitrogens with one attached hydrogen (secondary N) is 1. The molecule has 0 aliphatic heterocycles. The number of carbonyl (C=O) groups excluding carboxylic acids is 2. The van der Waals surface area contributed by atoms with Gasteiger partial charge in [0.25, 0.3) is 0 Å². The molecular formula is C14H16FNO5. The fourth-order valence-corrected chi connectivity index (χ4v) is 1.68. The predicted octanol–water partition coefficient (Wildman–Crippen LogP) is 0.891. The second-order valence-corrected chi connectivity index (χ2v) is 4.34. The number of carboxylic acid groups (broad SMARTS) is 1. The lowest BCUT2D eigenvalue weighted by molar-refractivity contribution is -0.144. The highest BCUT2D eigenvalue weighted by Crippen LogP contribution is 2.07. The van der Waals surface area contributed by atoms with E-state index >= 15 is 0 Å². The van der Waals surface area contributed by atoms with Gasteiger partial charge in [0.05, 0.1) is 13.5 Å². The van der Waals surface area contributed by atoms with E-state index < -0.39 is 29.7 Å². The predicted molar refractivity (Wildman–Crippen MR) is 70.9 cm³/mol. The van der Waals surface area contributed by atoms with Crippen molar-refractivity contribution in [3.8, 4) is 0 Å². The molecule has 1 aromatic rings. The van der Waals surface area contributed by atoms with Crippen molar-refractivity contribution in [3.05, 3.63) is 35.6 Å². The maximum absolute atomic E-state index is 13.4. The first-order valence-electron chi connectivity index (χ1n) is 6.26. The van der Waals surface area contributed by atoms with Crippen molar-refractivity contribution in [3.63, 3.8) is 0 Å². The average Bonchev–Trinajstić information content (AvgIpc) is 2.45. The molecule has 114 valence electrons. The van der Waals surface area contributed by atoms with Crippen LogP contribution in [0.5, 0.6) is 0 Å². The molecule has 1 aromatic carbocycles. The molecule has 1 unspecified atom stereocenters. The zero-order valence-electron chi connectivity index (χ0n) is 11.5. The van der Waals surface area contributed by atoms with E-state index in [0.29, 0.717) is 0 Å². The Bertz CT molecular complexity index is 532. The van der Waals surface area contributed by atoms with Gasteiger partial charge in [0.1, 0.15) is 11.9 Å². The summed E-state index contributed by atoms with van der Waals surface area (Å²) < 4.78 is 17.8. The average molecular weight is 297 g/mol. The standard InChI is InChI=1S/C14H16FNO5/c1-21-13(18)7-6-11(14(19)20)16-12(17)8-9-4-2-3-5-10(9)15/h2-5,11H,6-8H2,1H3,(H,16,17)(H,19,20). The van der Waals surface area contributed by atoms with E-state index in [0.717, 1.165) is 0 Å². The van der Waals surface area contributed by atoms with Crippen LogP contribution < -0.4 is 5.32 Å². The van der Waals surface area contributed by atoms with Crippen LogP contribution in [-0.2, 0) is 25.5 Å². The highest BCUT2D eigenvalue weighted by Gasteiger charge is 2.21. The van der Waals surface area contributed by atoms with Crippen LogP contribution in [0.15, 0.2) is 24.3 Å². The summed E-state index contributed by atoms with van der Waals surface area (Å²) in [6.45, 7) is 0. The number of ether oxygens (including phenoxy) is 1. The van der Waals surface area contributed by atoms with Gasteiger partial charge < -0.3 is 15.2 Å². The highest BCUT2D eigenvalue weighted by molar-refractivity contribution is 5.85. The molecule has 0 aliphatic carbocycles. The lowest BCUT2D eigenvalue weighted by atomic mass is 10.1. The molecule has 6 nitrogen and oxygen atoms in total. The molecule has 0 aromatic heterocycles. The number of halogens is 1. The molecule has 1 amide bonds. The number of aliphatic carboxylic acids is 1. The van der Waals surface area contributed by atoms with E-state index in [9.17, 15) is 18.8 Å². The molecule has 0 fully saturated rings. The van der Waals surface area contributed by atoms with Gasteiger partial charge in [-0.15, -0.1) is 0 Å². The summed E-state index contributed by atoms with van der Waals surface area (Å²) in [5.74, 6) is -2.99. The van der Waals surface area contributed by atoms with Gasteiger partial charge in [0.15, 0.2) is 0 Å². The Kier molecular flexibility index (Phi) is 6.32. The third-order valence-electron chi connectivity index (χ3n) is 2.81. The molecule has 0 saturated carbocycles. The summed E-state index contributed by atoms with van der Waals surface area (Å²) in [5, 5.41) is 11.2. The first-order valence-corrected chi connectivity index (χ1v) is 6.26. The maximum atomic E-state index is 13.4. The molecule has 0 bridgehead atoms. The minimum Gasteiger partial charge on any atom is -0.480 e. The van der Waals surface area contributed by atoms with E-state index in [1.54, 1.807) is 6.07 Å². The van der Waals surface area contributed by atoms with Crippen molar-refractivity contribution in [1.29, 1.82) is 0 Å². The molecule has 0 aliphatic rings. The lowest BCUT2D eigenvalue weighted by Crippen LogP contribution is -2.41. The van der Waals surface area contributed by atoms with Crippen LogP contribution in [-0.4, -0.2) is 36.1 Å². The normalized spacial score (nSPS) is 11.5. The van der Waals surface area contributed by atoms with Gasteiger partial charge in [-0.1, -0.05) is 18.2 Å². The van der Waals surface area contributed by atoms with Crippen LogP contribution >= 0.6 is 0 Å². The number of hydrogen-bond donors (Lipinski definition) is 2. The third kappa shape index (κ3) is 5.60. The number of esters is 1. The molecule has 7 heteroatoms. The van der Waals surface area contributed by atoms with E-state index in [1.165, 1.54) is 25.3 Å². The summed E-state index contributed by atoms with van der Waals surface area (Å²) in [5.41, 5.74) is 0.173. The third-order valence-corrected chi connectivity index (χ3v) is 2.81. The topological polar surface area (TPSA) is 92.7 Å². The number of benzene rings is 1. The van der Waals surface area contributed by atoms with E-state index in [2.05, 4.69) is 10.1 Å².